The first kappa shape index (κ1) is 22.7. The molecule has 2 aromatic carbocycles. The van der Waals surface area contributed by atoms with Crippen LogP contribution in [0.15, 0.2) is 48.5 Å². The van der Waals surface area contributed by atoms with Crippen molar-refractivity contribution in [2.75, 3.05) is 25.5 Å². The van der Waals surface area contributed by atoms with Crippen molar-refractivity contribution in [1.29, 1.82) is 0 Å². The van der Waals surface area contributed by atoms with E-state index >= 15 is 0 Å². The molecule has 0 aromatic heterocycles. The standard InChI is InChI=1S/C23H25F3N2O3/c1-3-12-28(14-21(29)27-19-6-4-5-7-20(19)31-2)22(30)18-13-17(18)15-8-10-16(11-9-15)23(24,25)26/h4-11,17-18H,3,12-14H2,1-2H3,(H,27,29). The Bertz CT molecular complexity index is 928. The number of nitrogens with zero attached hydrogens (tertiary/aromatic N) is 1. The molecule has 5 nitrogen and oxygen atoms in total. The van der Waals surface area contributed by atoms with E-state index in [2.05, 4.69) is 5.32 Å². The van der Waals surface area contributed by atoms with Gasteiger partial charge in [0.2, 0.25) is 11.8 Å². The van der Waals surface area contributed by atoms with E-state index in [1.807, 2.05) is 6.92 Å². The Hall–Kier alpha value is -3.03. The lowest BCUT2D eigenvalue weighted by Crippen LogP contribution is -2.39. The van der Waals surface area contributed by atoms with Crippen LogP contribution in [0.5, 0.6) is 5.75 Å². The molecule has 2 unspecified atom stereocenters. The Balaban J connectivity index is 1.62. The summed E-state index contributed by atoms with van der Waals surface area (Å²) in [6.45, 7) is 2.24. The summed E-state index contributed by atoms with van der Waals surface area (Å²) in [4.78, 5) is 27.0. The van der Waals surface area contributed by atoms with Gasteiger partial charge in [-0.1, -0.05) is 31.2 Å². The number of para-hydroxylation sites is 2. The molecule has 0 bridgehead atoms. The van der Waals surface area contributed by atoms with Gasteiger partial charge in [-0.3, -0.25) is 9.59 Å². The number of amides is 2. The third-order valence-electron chi connectivity index (χ3n) is 5.29. The monoisotopic (exact) mass is 434 g/mol. The van der Waals surface area contributed by atoms with Gasteiger partial charge in [0.05, 0.1) is 24.9 Å². The molecule has 2 amide bonds. The molecule has 8 heteroatoms. The highest BCUT2D eigenvalue weighted by Crippen LogP contribution is 2.49. The van der Waals surface area contributed by atoms with Crippen LogP contribution in [-0.4, -0.2) is 36.9 Å². The number of anilines is 1. The van der Waals surface area contributed by atoms with Crippen LogP contribution in [0, 0.1) is 5.92 Å². The molecule has 0 radical (unpaired) electrons. The zero-order valence-corrected chi connectivity index (χ0v) is 17.4. The molecule has 0 heterocycles. The van der Waals surface area contributed by atoms with Gasteiger partial charge in [0.15, 0.2) is 0 Å². The molecule has 2 atom stereocenters. The zero-order chi connectivity index (χ0) is 22.6. The molecule has 1 N–H and O–H groups in total. The summed E-state index contributed by atoms with van der Waals surface area (Å²) < 4.78 is 43.5. The molecule has 3 rings (SSSR count). The first-order valence-electron chi connectivity index (χ1n) is 10.1. The Kier molecular flexibility index (Phi) is 6.87. The largest absolute Gasteiger partial charge is 0.495 e. The summed E-state index contributed by atoms with van der Waals surface area (Å²) in [6, 6.07) is 11.9. The molecule has 2 aromatic rings. The van der Waals surface area contributed by atoms with Gasteiger partial charge in [-0.25, -0.2) is 0 Å². The van der Waals surface area contributed by atoms with E-state index in [4.69, 9.17) is 4.74 Å². The van der Waals surface area contributed by atoms with E-state index in [1.165, 1.54) is 24.1 Å². The highest BCUT2D eigenvalue weighted by atomic mass is 19.4. The van der Waals surface area contributed by atoms with Crippen LogP contribution in [0.3, 0.4) is 0 Å². The van der Waals surface area contributed by atoms with E-state index in [0.29, 0.717) is 36.4 Å². The number of carbonyl (C=O) groups excluding carboxylic acids is 2. The van der Waals surface area contributed by atoms with Crippen molar-refractivity contribution in [3.05, 3.63) is 59.7 Å². The normalized spacial score (nSPS) is 17.7. The Morgan fingerprint density at radius 1 is 1.13 bits per heavy atom. The van der Waals surface area contributed by atoms with E-state index in [9.17, 15) is 22.8 Å². The minimum atomic E-state index is -4.38. The van der Waals surface area contributed by atoms with Crippen LogP contribution < -0.4 is 10.1 Å². The van der Waals surface area contributed by atoms with Crippen LogP contribution in [-0.2, 0) is 15.8 Å². The maximum Gasteiger partial charge on any atom is 0.416 e. The number of alkyl halides is 3. The molecule has 166 valence electrons. The number of hydrogen-bond acceptors (Lipinski definition) is 3. The van der Waals surface area contributed by atoms with Crippen LogP contribution in [0.1, 0.15) is 36.8 Å². The Labute approximate surface area is 179 Å². The Morgan fingerprint density at radius 2 is 1.81 bits per heavy atom. The predicted octanol–water partition coefficient (Wildman–Crippen LogP) is 4.69. The van der Waals surface area contributed by atoms with E-state index in [-0.39, 0.29) is 30.2 Å². The van der Waals surface area contributed by atoms with Gasteiger partial charge in [-0.05, 0) is 48.6 Å². The maximum atomic E-state index is 13.0. The number of hydrogen-bond donors (Lipinski definition) is 1. The van der Waals surface area contributed by atoms with Crippen molar-refractivity contribution in [2.24, 2.45) is 5.92 Å². The molecule has 1 aliphatic rings. The lowest BCUT2D eigenvalue weighted by Gasteiger charge is -2.22. The Morgan fingerprint density at radius 3 is 2.42 bits per heavy atom. The fraction of sp³-hybridized carbons (Fsp3) is 0.391. The average molecular weight is 434 g/mol. The van der Waals surface area contributed by atoms with Gasteiger partial charge in [0.1, 0.15) is 5.75 Å². The summed E-state index contributed by atoms with van der Waals surface area (Å²) in [5.74, 6) is -0.400. The number of nitrogens with one attached hydrogen (secondary N) is 1. The summed E-state index contributed by atoms with van der Waals surface area (Å²) in [5.41, 5.74) is 0.523. The lowest BCUT2D eigenvalue weighted by molar-refractivity contribution is -0.137. The second-order valence-electron chi connectivity index (χ2n) is 7.58. The summed E-state index contributed by atoms with van der Waals surface area (Å²) >= 11 is 0. The third kappa shape index (κ3) is 5.57. The van der Waals surface area contributed by atoms with E-state index in [1.54, 1.807) is 24.3 Å². The van der Waals surface area contributed by atoms with Crippen molar-refractivity contribution in [2.45, 2.75) is 31.9 Å². The molecule has 0 spiro atoms. The van der Waals surface area contributed by atoms with Gasteiger partial charge >= 0.3 is 6.18 Å². The SMILES string of the molecule is CCCN(CC(=O)Nc1ccccc1OC)C(=O)C1CC1c1ccc(C(F)(F)F)cc1. The van der Waals surface area contributed by atoms with E-state index in [0.717, 1.165) is 12.1 Å². The molecule has 0 saturated heterocycles. The van der Waals surface area contributed by atoms with Crippen LogP contribution in [0.2, 0.25) is 0 Å². The summed E-state index contributed by atoms with van der Waals surface area (Å²) in [6.07, 6.45) is -3.13. The second-order valence-corrected chi connectivity index (χ2v) is 7.58. The average Bonchev–Trinajstić information content (AvgIpc) is 3.53. The van der Waals surface area contributed by atoms with Gasteiger partial charge in [-0.2, -0.15) is 13.2 Å². The molecule has 31 heavy (non-hydrogen) atoms. The minimum Gasteiger partial charge on any atom is -0.495 e. The topological polar surface area (TPSA) is 58.6 Å². The fourth-order valence-corrected chi connectivity index (χ4v) is 3.64. The second kappa shape index (κ2) is 9.41. The summed E-state index contributed by atoms with van der Waals surface area (Å²) in [7, 11) is 1.51. The molecule has 1 aliphatic carbocycles. The minimum absolute atomic E-state index is 0.0963. The first-order chi connectivity index (χ1) is 14.7. The lowest BCUT2D eigenvalue weighted by atomic mass is 10.1. The number of rotatable bonds is 8. The first-order valence-corrected chi connectivity index (χ1v) is 10.1. The molecule has 1 fully saturated rings. The van der Waals surface area contributed by atoms with Crippen LogP contribution in [0.25, 0.3) is 0 Å². The zero-order valence-electron chi connectivity index (χ0n) is 17.4. The maximum absolute atomic E-state index is 13.0. The van der Waals surface area contributed by atoms with Crippen LogP contribution in [0.4, 0.5) is 18.9 Å². The van der Waals surface area contributed by atoms with E-state index < -0.39 is 11.7 Å². The van der Waals surface area contributed by atoms with Crippen molar-refractivity contribution in [3.8, 4) is 5.75 Å². The number of methoxy groups -OCH3 is 1. The molecule has 1 saturated carbocycles. The van der Waals surface area contributed by atoms with Gasteiger partial charge in [0, 0.05) is 12.5 Å². The third-order valence-corrected chi connectivity index (χ3v) is 5.29. The van der Waals surface area contributed by atoms with Gasteiger partial charge in [-0.15, -0.1) is 0 Å². The number of benzene rings is 2. The van der Waals surface area contributed by atoms with Gasteiger partial charge < -0.3 is 15.0 Å². The number of carbonyl (C=O) groups is 2. The molecule has 0 aliphatic heterocycles. The summed E-state index contributed by atoms with van der Waals surface area (Å²) in [5, 5.41) is 2.76. The van der Waals surface area contributed by atoms with Gasteiger partial charge in [0.25, 0.3) is 0 Å². The van der Waals surface area contributed by atoms with Crippen molar-refractivity contribution >= 4 is 17.5 Å². The smallest absolute Gasteiger partial charge is 0.416 e. The number of ether oxygens (including phenoxy) is 1. The van der Waals surface area contributed by atoms with Crippen molar-refractivity contribution < 1.29 is 27.5 Å². The fourth-order valence-electron chi connectivity index (χ4n) is 3.64. The highest BCUT2D eigenvalue weighted by Gasteiger charge is 2.46. The molecular weight excluding hydrogens is 409 g/mol. The molecular formula is C23H25F3N2O3. The van der Waals surface area contributed by atoms with Crippen molar-refractivity contribution in [3.63, 3.8) is 0 Å². The number of halogens is 3. The van der Waals surface area contributed by atoms with Crippen molar-refractivity contribution in [1.82, 2.24) is 4.90 Å². The highest BCUT2D eigenvalue weighted by molar-refractivity contribution is 5.96. The van der Waals surface area contributed by atoms with Crippen LogP contribution >= 0.6 is 0 Å². The predicted molar refractivity (Wildman–Crippen MR) is 111 cm³/mol. The quantitative estimate of drug-likeness (QED) is 0.656.